The smallest absolute Gasteiger partial charge is 0.161 e. The van der Waals surface area contributed by atoms with E-state index in [0.29, 0.717) is 13.2 Å². The van der Waals surface area contributed by atoms with Crippen LogP contribution in [0.4, 0.5) is 0 Å². The summed E-state index contributed by atoms with van der Waals surface area (Å²) in [5, 5.41) is 9.15. The molecule has 0 fully saturated rings. The van der Waals surface area contributed by atoms with Crippen LogP contribution < -0.4 is 15.2 Å². The summed E-state index contributed by atoms with van der Waals surface area (Å²) >= 11 is 0. The van der Waals surface area contributed by atoms with Crippen LogP contribution in [0, 0.1) is 0 Å². The number of hydrogen-bond acceptors (Lipinski definition) is 5. The summed E-state index contributed by atoms with van der Waals surface area (Å²) in [4.78, 5) is 4.10. The molecule has 1 aliphatic heterocycles. The molecule has 0 saturated carbocycles. The summed E-state index contributed by atoms with van der Waals surface area (Å²) in [5.41, 5.74) is 7.86. The van der Waals surface area contributed by atoms with Gasteiger partial charge in [0.05, 0.1) is 24.7 Å². The van der Waals surface area contributed by atoms with Crippen LogP contribution in [0.15, 0.2) is 30.7 Å². The fourth-order valence-corrected chi connectivity index (χ4v) is 2.41. The van der Waals surface area contributed by atoms with E-state index in [9.17, 15) is 0 Å². The molecule has 1 aromatic heterocycles. The van der Waals surface area contributed by atoms with Crippen LogP contribution in [0.3, 0.4) is 0 Å². The van der Waals surface area contributed by atoms with E-state index in [4.69, 9.17) is 20.3 Å². The molecule has 1 unspecified atom stereocenters. The third kappa shape index (κ3) is 3.01. The van der Waals surface area contributed by atoms with Crippen molar-refractivity contribution in [1.29, 1.82) is 0 Å². The van der Waals surface area contributed by atoms with Gasteiger partial charge in [0.25, 0.3) is 0 Å². The van der Waals surface area contributed by atoms with E-state index in [0.717, 1.165) is 35.7 Å². The highest BCUT2D eigenvalue weighted by Gasteiger charge is 2.13. The molecule has 2 aromatic rings. The molecule has 112 valence electrons. The van der Waals surface area contributed by atoms with Crippen LogP contribution in [0.25, 0.3) is 0 Å². The number of nitrogens with zero attached hydrogens (tertiary/aromatic N) is 2. The number of aliphatic hydroxyl groups excluding tert-OH is 1. The van der Waals surface area contributed by atoms with E-state index in [1.807, 2.05) is 22.8 Å². The molecule has 1 aliphatic rings. The summed E-state index contributed by atoms with van der Waals surface area (Å²) in [6.07, 6.45) is 4.27. The molecule has 21 heavy (non-hydrogen) atoms. The standard InChI is InChI=1S/C15H19N3O3/c16-12(9-19)13-8-17-10-18(13)4-3-11-1-2-14-15(7-11)21-6-5-20-14/h1-2,7-8,10,12,19H,3-6,9,16H2. The van der Waals surface area contributed by atoms with Gasteiger partial charge in [-0.3, -0.25) is 0 Å². The second-order valence-electron chi connectivity index (χ2n) is 5.03. The zero-order valence-corrected chi connectivity index (χ0v) is 11.7. The number of ether oxygens (including phenoxy) is 2. The number of aromatic nitrogens is 2. The van der Waals surface area contributed by atoms with Gasteiger partial charge in [-0.15, -0.1) is 0 Å². The highest BCUT2D eigenvalue weighted by atomic mass is 16.6. The SMILES string of the molecule is NC(CO)c1cncn1CCc1ccc2c(c1)OCCO2. The van der Waals surface area contributed by atoms with Crippen molar-refractivity contribution in [3.63, 3.8) is 0 Å². The second-order valence-corrected chi connectivity index (χ2v) is 5.03. The Morgan fingerprint density at radius 2 is 2.10 bits per heavy atom. The van der Waals surface area contributed by atoms with E-state index in [1.54, 1.807) is 12.5 Å². The molecule has 3 N–H and O–H groups in total. The first-order valence-electron chi connectivity index (χ1n) is 7.03. The lowest BCUT2D eigenvalue weighted by Crippen LogP contribution is -2.19. The molecule has 6 nitrogen and oxygen atoms in total. The Labute approximate surface area is 123 Å². The Bertz CT molecular complexity index is 612. The summed E-state index contributed by atoms with van der Waals surface area (Å²) in [5.74, 6) is 1.60. The second kappa shape index (κ2) is 6.15. The Hall–Kier alpha value is -2.05. The third-order valence-electron chi connectivity index (χ3n) is 3.57. The maximum atomic E-state index is 9.15. The first-order chi connectivity index (χ1) is 10.3. The van der Waals surface area contributed by atoms with Crippen molar-refractivity contribution in [3.05, 3.63) is 42.0 Å². The third-order valence-corrected chi connectivity index (χ3v) is 3.57. The molecule has 0 amide bonds. The van der Waals surface area contributed by atoms with Crippen molar-refractivity contribution < 1.29 is 14.6 Å². The summed E-state index contributed by atoms with van der Waals surface area (Å²) in [6, 6.07) is 5.60. The molecule has 1 atom stereocenters. The molecule has 6 heteroatoms. The van der Waals surface area contributed by atoms with E-state index in [-0.39, 0.29) is 6.61 Å². The molecular formula is C15H19N3O3. The van der Waals surface area contributed by atoms with Crippen molar-refractivity contribution in [2.75, 3.05) is 19.8 Å². The number of nitrogens with two attached hydrogens (primary N) is 1. The van der Waals surface area contributed by atoms with E-state index >= 15 is 0 Å². The molecule has 1 aromatic carbocycles. The zero-order chi connectivity index (χ0) is 14.7. The van der Waals surface area contributed by atoms with Gasteiger partial charge in [0.15, 0.2) is 11.5 Å². The average molecular weight is 289 g/mol. The molecule has 0 aliphatic carbocycles. The minimum atomic E-state index is -0.396. The van der Waals surface area contributed by atoms with Crippen LogP contribution in [0.1, 0.15) is 17.3 Å². The lowest BCUT2D eigenvalue weighted by molar-refractivity contribution is 0.171. The predicted octanol–water partition coefficient (Wildman–Crippen LogP) is 0.889. The van der Waals surface area contributed by atoms with E-state index in [2.05, 4.69) is 4.98 Å². The van der Waals surface area contributed by atoms with Gasteiger partial charge in [0.1, 0.15) is 13.2 Å². The molecule has 0 radical (unpaired) electrons. The van der Waals surface area contributed by atoms with Crippen molar-refractivity contribution in [1.82, 2.24) is 9.55 Å². The predicted molar refractivity (Wildman–Crippen MR) is 77.4 cm³/mol. The molecular weight excluding hydrogens is 270 g/mol. The zero-order valence-electron chi connectivity index (χ0n) is 11.7. The number of hydrogen-bond donors (Lipinski definition) is 2. The van der Waals surface area contributed by atoms with Gasteiger partial charge >= 0.3 is 0 Å². The Balaban J connectivity index is 1.69. The van der Waals surface area contributed by atoms with Gasteiger partial charge in [0, 0.05) is 12.7 Å². The lowest BCUT2D eigenvalue weighted by atomic mass is 10.1. The Morgan fingerprint density at radius 1 is 1.29 bits per heavy atom. The fraction of sp³-hybridized carbons (Fsp3) is 0.400. The van der Waals surface area contributed by atoms with Crippen molar-refractivity contribution in [3.8, 4) is 11.5 Å². The lowest BCUT2D eigenvalue weighted by Gasteiger charge is -2.19. The summed E-state index contributed by atoms with van der Waals surface area (Å²) < 4.78 is 13.1. The minimum Gasteiger partial charge on any atom is -0.486 e. The molecule has 2 heterocycles. The average Bonchev–Trinajstić information content (AvgIpc) is 3.00. The Kier molecular flexibility index (Phi) is 4.08. The van der Waals surface area contributed by atoms with E-state index in [1.165, 1.54) is 0 Å². The first kappa shape index (κ1) is 13.9. The fourth-order valence-electron chi connectivity index (χ4n) is 2.41. The summed E-state index contributed by atoms with van der Waals surface area (Å²) in [7, 11) is 0. The van der Waals surface area contributed by atoms with Gasteiger partial charge < -0.3 is 24.9 Å². The van der Waals surface area contributed by atoms with Crippen LogP contribution in [-0.2, 0) is 13.0 Å². The maximum absolute atomic E-state index is 9.15. The topological polar surface area (TPSA) is 82.5 Å². The number of rotatable bonds is 5. The van der Waals surface area contributed by atoms with Crippen LogP contribution >= 0.6 is 0 Å². The number of fused-ring (bicyclic) bond motifs is 1. The first-order valence-corrected chi connectivity index (χ1v) is 7.03. The number of benzene rings is 1. The minimum absolute atomic E-state index is 0.0876. The van der Waals surface area contributed by atoms with Crippen LogP contribution in [-0.4, -0.2) is 34.5 Å². The molecule has 0 bridgehead atoms. The number of imidazole rings is 1. The van der Waals surface area contributed by atoms with Gasteiger partial charge in [-0.05, 0) is 24.1 Å². The normalized spacial score (nSPS) is 15.0. The highest BCUT2D eigenvalue weighted by molar-refractivity contribution is 5.43. The summed E-state index contributed by atoms with van der Waals surface area (Å²) in [6.45, 7) is 1.86. The van der Waals surface area contributed by atoms with E-state index < -0.39 is 6.04 Å². The maximum Gasteiger partial charge on any atom is 0.161 e. The highest BCUT2D eigenvalue weighted by Crippen LogP contribution is 2.31. The molecule has 0 spiro atoms. The van der Waals surface area contributed by atoms with Crippen molar-refractivity contribution in [2.24, 2.45) is 5.73 Å². The number of aliphatic hydroxyl groups is 1. The van der Waals surface area contributed by atoms with Gasteiger partial charge in [-0.25, -0.2) is 4.98 Å². The van der Waals surface area contributed by atoms with Crippen molar-refractivity contribution in [2.45, 2.75) is 19.0 Å². The molecule has 3 rings (SSSR count). The van der Waals surface area contributed by atoms with Crippen molar-refractivity contribution >= 4 is 0 Å². The number of aryl methyl sites for hydroxylation is 2. The largest absolute Gasteiger partial charge is 0.486 e. The van der Waals surface area contributed by atoms with Gasteiger partial charge in [-0.1, -0.05) is 6.07 Å². The Morgan fingerprint density at radius 3 is 2.90 bits per heavy atom. The van der Waals surface area contributed by atoms with Gasteiger partial charge in [-0.2, -0.15) is 0 Å². The monoisotopic (exact) mass is 289 g/mol. The van der Waals surface area contributed by atoms with Crippen LogP contribution in [0.5, 0.6) is 11.5 Å². The van der Waals surface area contributed by atoms with Gasteiger partial charge in [0.2, 0.25) is 0 Å². The molecule has 0 saturated heterocycles. The quantitative estimate of drug-likeness (QED) is 0.854. The van der Waals surface area contributed by atoms with Crippen LogP contribution in [0.2, 0.25) is 0 Å².